The van der Waals surface area contributed by atoms with Crippen LogP contribution in [-0.4, -0.2) is 35.4 Å². The first kappa shape index (κ1) is 17.7. The number of aryl methyl sites for hydroxylation is 1. The van der Waals surface area contributed by atoms with Crippen molar-refractivity contribution in [1.29, 1.82) is 0 Å². The van der Waals surface area contributed by atoms with Crippen LogP contribution in [0, 0.1) is 0 Å². The Labute approximate surface area is 141 Å². The van der Waals surface area contributed by atoms with Gasteiger partial charge >= 0.3 is 0 Å². The molecule has 0 saturated heterocycles. The van der Waals surface area contributed by atoms with Gasteiger partial charge in [0.2, 0.25) is 5.91 Å². The minimum atomic E-state index is -1.27. The molecule has 5 nitrogen and oxygen atoms in total. The lowest BCUT2D eigenvalue weighted by molar-refractivity contribution is -0.141. The van der Waals surface area contributed by atoms with Gasteiger partial charge in [0, 0.05) is 12.7 Å². The minimum absolute atomic E-state index is 0.124. The standard InChI is InChI=1S/C19H22N2O3/c1-3-14-9-7-8-12-16(14)20-17(22)13-21(2)19(24)18(23)15-10-5-4-6-11-15/h4-12,18,23H,3,13H2,1-2H3,(H,20,22). The lowest BCUT2D eigenvalue weighted by Crippen LogP contribution is -2.37. The topological polar surface area (TPSA) is 69.6 Å². The molecule has 0 fully saturated rings. The normalized spacial score (nSPS) is 11.6. The van der Waals surface area contributed by atoms with E-state index < -0.39 is 12.0 Å². The summed E-state index contributed by atoms with van der Waals surface area (Å²) in [5.74, 6) is -0.813. The molecule has 2 aromatic carbocycles. The van der Waals surface area contributed by atoms with Crippen LogP contribution in [0.5, 0.6) is 0 Å². The molecule has 2 rings (SSSR count). The SMILES string of the molecule is CCc1ccccc1NC(=O)CN(C)C(=O)C(O)c1ccccc1. The quantitative estimate of drug-likeness (QED) is 0.856. The van der Waals surface area contributed by atoms with E-state index in [2.05, 4.69) is 5.32 Å². The van der Waals surface area contributed by atoms with Gasteiger partial charge in [0.05, 0.1) is 6.54 Å². The highest BCUT2D eigenvalue weighted by Crippen LogP contribution is 2.16. The average Bonchev–Trinajstić information content (AvgIpc) is 2.61. The lowest BCUT2D eigenvalue weighted by atomic mass is 10.1. The van der Waals surface area contributed by atoms with Crippen molar-refractivity contribution in [2.75, 3.05) is 18.9 Å². The van der Waals surface area contributed by atoms with E-state index in [1.54, 1.807) is 24.3 Å². The molecule has 0 aliphatic heterocycles. The fourth-order valence-electron chi connectivity index (χ4n) is 2.42. The molecule has 0 spiro atoms. The van der Waals surface area contributed by atoms with Crippen molar-refractivity contribution in [2.45, 2.75) is 19.4 Å². The molecule has 0 aromatic heterocycles. The highest BCUT2D eigenvalue weighted by atomic mass is 16.3. The first-order valence-electron chi connectivity index (χ1n) is 7.88. The van der Waals surface area contributed by atoms with Crippen LogP contribution >= 0.6 is 0 Å². The number of aliphatic hydroxyl groups is 1. The van der Waals surface area contributed by atoms with E-state index in [0.29, 0.717) is 5.56 Å². The van der Waals surface area contributed by atoms with Gasteiger partial charge in [0.15, 0.2) is 6.10 Å². The number of hydrogen-bond donors (Lipinski definition) is 2. The van der Waals surface area contributed by atoms with Crippen LogP contribution in [0.2, 0.25) is 0 Å². The number of benzene rings is 2. The van der Waals surface area contributed by atoms with Crippen LogP contribution in [0.4, 0.5) is 5.69 Å². The maximum absolute atomic E-state index is 12.3. The molecule has 0 aliphatic carbocycles. The Hall–Kier alpha value is -2.66. The Balaban J connectivity index is 1.97. The third-order valence-corrected chi connectivity index (χ3v) is 3.78. The van der Waals surface area contributed by atoms with Crippen LogP contribution in [0.25, 0.3) is 0 Å². The summed E-state index contributed by atoms with van der Waals surface area (Å²) in [5.41, 5.74) is 2.28. The number of carbonyl (C=O) groups excluding carboxylic acids is 2. The molecule has 2 amide bonds. The number of likely N-dealkylation sites (N-methyl/N-ethyl adjacent to an activating group) is 1. The van der Waals surface area contributed by atoms with Crippen molar-refractivity contribution in [3.63, 3.8) is 0 Å². The molecule has 126 valence electrons. The van der Waals surface area contributed by atoms with Gasteiger partial charge in [-0.15, -0.1) is 0 Å². The largest absolute Gasteiger partial charge is 0.378 e. The van der Waals surface area contributed by atoms with Gasteiger partial charge in [0.25, 0.3) is 5.91 Å². The van der Waals surface area contributed by atoms with Gasteiger partial charge in [-0.2, -0.15) is 0 Å². The fraction of sp³-hybridized carbons (Fsp3) is 0.263. The van der Waals surface area contributed by atoms with Crippen LogP contribution in [0.15, 0.2) is 54.6 Å². The van der Waals surface area contributed by atoms with Gasteiger partial charge in [-0.25, -0.2) is 0 Å². The van der Waals surface area contributed by atoms with Crippen molar-refractivity contribution in [1.82, 2.24) is 4.90 Å². The van der Waals surface area contributed by atoms with Crippen molar-refractivity contribution >= 4 is 17.5 Å². The predicted molar refractivity (Wildman–Crippen MR) is 93.5 cm³/mol. The van der Waals surface area contributed by atoms with Crippen molar-refractivity contribution < 1.29 is 14.7 Å². The molecule has 1 unspecified atom stereocenters. The summed E-state index contributed by atoms with van der Waals surface area (Å²) in [7, 11) is 1.50. The molecular formula is C19H22N2O3. The van der Waals surface area contributed by atoms with Gasteiger partial charge < -0.3 is 15.3 Å². The third-order valence-electron chi connectivity index (χ3n) is 3.78. The second-order valence-electron chi connectivity index (χ2n) is 5.57. The van der Waals surface area contributed by atoms with Gasteiger partial charge in [-0.3, -0.25) is 9.59 Å². The number of carbonyl (C=O) groups is 2. The van der Waals surface area contributed by atoms with Crippen molar-refractivity contribution in [2.24, 2.45) is 0 Å². The summed E-state index contributed by atoms with van der Waals surface area (Å²) < 4.78 is 0. The molecule has 5 heteroatoms. The van der Waals surface area contributed by atoms with Crippen molar-refractivity contribution in [3.05, 3.63) is 65.7 Å². The number of aliphatic hydroxyl groups excluding tert-OH is 1. The lowest BCUT2D eigenvalue weighted by Gasteiger charge is -2.20. The molecule has 0 aliphatic rings. The van der Waals surface area contributed by atoms with Crippen LogP contribution in [0.3, 0.4) is 0 Å². The van der Waals surface area contributed by atoms with Gasteiger partial charge in [0.1, 0.15) is 0 Å². The summed E-state index contributed by atoms with van der Waals surface area (Å²) in [6.45, 7) is 1.89. The monoisotopic (exact) mass is 326 g/mol. The summed E-state index contributed by atoms with van der Waals surface area (Å²) in [6.07, 6.45) is -0.468. The highest BCUT2D eigenvalue weighted by Gasteiger charge is 2.22. The molecule has 1 atom stereocenters. The first-order chi connectivity index (χ1) is 11.5. The Morgan fingerprint density at radius 1 is 1.08 bits per heavy atom. The van der Waals surface area contributed by atoms with Crippen LogP contribution in [0.1, 0.15) is 24.2 Å². The number of anilines is 1. The molecule has 0 radical (unpaired) electrons. The van der Waals surface area contributed by atoms with E-state index in [4.69, 9.17) is 0 Å². The average molecular weight is 326 g/mol. The van der Waals surface area contributed by atoms with Gasteiger partial charge in [-0.05, 0) is 23.6 Å². The smallest absolute Gasteiger partial charge is 0.256 e. The maximum atomic E-state index is 12.3. The van der Waals surface area contributed by atoms with E-state index in [1.807, 2.05) is 37.3 Å². The summed E-state index contributed by atoms with van der Waals surface area (Å²) >= 11 is 0. The number of nitrogens with one attached hydrogen (secondary N) is 1. The number of para-hydroxylation sites is 1. The molecule has 0 saturated carbocycles. The number of rotatable bonds is 6. The molecule has 0 bridgehead atoms. The summed E-state index contributed by atoms with van der Waals surface area (Å²) in [4.78, 5) is 25.6. The van der Waals surface area contributed by atoms with Crippen molar-refractivity contribution in [3.8, 4) is 0 Å². The van der Waals surface area contributed by atoms with Gasteiger partial charge in [-0.1, -0.05) is 55.5 Å². The van der Waals surface area contributed by atoms with E-state index in [9.17, 15) is 14.7 Å². The van der Waals surface area contributed by atoms with Crippen LogP contribution < -0.4 is 5.32 Å². The zero-order valence-electron chi connectivity index (χ0n) is 13.9. The number of amides is 2. The third kappa shape index (κ3) is 4.43. The first-order valence-corrected chi connectivity index (χ1v) is 7.88. The zero-order valence-corrected chi connectivity index (χ0v) is 13.9. The Morgan fingerprint density at radius 3 is 2.38 bits per heavy atom. The minimum Gasteiger partial charge on any atom is -0.378 e. The summed E-state index contributed by atoms with van der Waals surface area (Å²) in [5, 5.41) is 12.9. The molecule has 24 heavy (non-hydrogen) atoms. The highest BCUT2D eigenvalue weighted by molar-refractivity contribution is 5.95. The van der Waals surface area contributed by atoms with E-state index in [0.717, 1.165) is 17.7 Å². The Morgan fingerprint density at radius 2 is 1.71 bits per heavy atom. The molecule has 2 N–H and O–H groups in total. The second kappa shape index (κ2) is 8.26. The number of nitrogens with zero attached hydrogens (tertiary/aromatic N) is 1. The predicted octanol–water partition coefficient (Wildman–Crippen LogP) is 2.38. The maximum Gasteiger partial charge on any atom is 0.256 e. The number of hydrogen-bond acceptors (Lipinski definition) is 3. The van der Waals surface area contributed by atoms with E-state index in [1.165, 1.54) is 11.9 Å². The second-order valence-corrected chi connectivity index (χ2v) is 5.57. The Kier molecular flexibility index (Phi) is 6.09. The molecular weight excluding hydrogens is 304 g/mol. The van der Waals surface area contributed by atoms with E-state index in [-0.39, 0.29) is 12.5 Å². The fourth-order valence-corrected chi connectivity index (χ4v) is 2.42. The molecule has 2 aromatic rings. The zero-order chi connectivity index (χ0) is 17.5. The van der Waals surface area contributed by atoms with E-state index >= 15 is 0 Å². The summed E-state index contributed by atoms with van der Waals surface area (Å²) in [6, 6.07) is 16.2. The molecule has 0 heterocycles. The Bertz CT molecular complexity index is 701. The van der Waals surface area contributed by atoms with Crippen LogP contribution in [-0.2, 0) is 16.0 Å².